The summed E-state index contributed by atoms with van der Waals surface area (Å²) < 4.78 is 0. The lowest BCUT2D eigenvalue weighted by Crippen LogP contribution is -1.97. The Morgan fingerprint density at radius 2 is 1.94 bits per heavy atom. The molecule has 18 heavy (non-hydrogen) atoms. The molecule has 0 bridgehead atoms. The maximum Gasteiger partial charge on any atom is 0.277 e. The molecule has 0 radical (unpaired) electrons. The number of pyridine rings is 1. The standard InChI is InChI=1S/C14H12N2O2/c1-11-7-8-12(10-15-11)9-14(16(17)18)13-5-3-2-4-6-13/h2-10H,1H3/b14-9+. The third-order valence-electron chi connectivity index (χ3n) is 2.50. The fourth-order valence-corrected chi connectivity index (χ4v) is 1.57. The number of nitrogens with zero attached hydrogens (tertiary/aromatic N) is 2. The second-order valence-electron chi connectivity index (χ2n) is 3.89. The first kappa shape index (κ1) is 12.0. The van der Waals surface area contributed by atoms with Gasteiger partial charge in [-0.2, -0.15) is 0 Å². The molecule has 0 N–H and O–H groups in total. The number of hydrogen-bond donors (Lipinski definition) is 0. The van der Waals surface area contributed by atoms with E-state index >= 15 is 0 Å². The molecule has 0 saturated carbocycles. The van der Waals surface area contributed by atoms with Crippen LogP contribution in [0.2, 0.25) is 0 Å². The summed E-state index contributed by atoms with van der Waals surface area (Å²) >= 11 is 0. The number of aromatic nitrogens is 1. The molecule has 1 aromatic carbocycles. The molecule has 2 rings (SSSR count). The van der Waals surface area contributed by atoms with Crippen molar-refractivity contribution < 1.29 is 4.92 Å². The highest BCUT2D eigenvalue weighted by Gasteiger charge is 2.13. The fourth-order valence-electron chi connectivity index (χ4n) is 1.57. The Morgan fingerprint density at radius 1 is 1.22 bits per heavy atom. The largest absolute Gasteiger partial charge is 0.277 e. The van der Waals surface area contributed by atoms with Crippen LogP contribution >= 0.6 is 0 Å². The van der Waals surface area contributed by atoms with Crippen molar-refractivity contribution in [1.82, 2.24) is 4.98 Å². The summed E-state index contributed by atoms with van der Waals surface area (Å²) in [6, 6.07) is 12.5. The van der Waals surface area contributed by atoms with E-state index in [1.165, 1.54) is 6.08 Å². The number of benzene rings is 1. The number of hydrogen-bond acceptors (Lipinski definition) is 3. The molecule has 0 aliphatic heterocycles. The number of rotatable bonds is 3. The van der Waals surface area contributed by atoms with Crippen LogP contribution in [0.1, 0.15) is 16.8 Å². The van der Waals surface area contributed by atoms with Crippen molar-refractivity contribution >= 4 is 11.8 Å². The Morgan fingerprint density at radius 3 is 2.50 bits per heavy atom. The van der Waals surface area contributed by atoms with E-state index in [2.05, 4.69) is 4.98 Å². The van der Waals surface area contributed by atoms with Gasteiger partial charge in [-0.1, -0.05) is 24.3 Å². The van der Waals surface area contributed by atoms with Gasteiger partial charge in [0.1, 0.15) is 0 Å². The van der Waals surface area contributed by atoms with E-state index in [1.54, 1.807) is 30.5 Å². The van der Waals surface area contributed by atoms with Gasteiger partial charge in [0.15, 0.2) is 0 Å². The van der Waals surface area contributed by atoms with E-state index in [0.717, 1.165) is 11.3 Å². The molecule has 0 aliphatic carbocycles. The van der Waals surface area contributed by atoms with Crippen LogP contribution in [0, 0.1) is 17.0 Å². The molecule has 1 aromatic heterocycles. The van der Waals surface area contributed by atoms with Crippen LogP contribution in [0.5, 0.6) is 0 Å². The summed E-state index contributed by atoms with van der Waals surface area (Å²) in [7, 11) is 0. The SMILES string of the molecule is Cc1ccc(/C=C(\c2ccccc2)[N+](=O)[O-])cn1. The van der Waals surface area contributed by atoms with Gasteiger partial charge in [0.2, 0.25) is 0 Å². The molecule has 0 amide bonds. The third kappa shape index (κ3) is 2.79. The minimum Gasteiger partial charge on any atom is -0.261 e. The van der Waals surface area contributed by atoms with Crippen molar-refractivity contribution in [3.05, 3.63) is 75.6 Å². The summed E-state index contributed by atoms with van der Waals surface area (Å²) in [5.74, 6) is 0. The molecule has 4 heteroatoms. The number of nitro groups is 1. The summed E-state index contributed by atoms with van der Waals surface area (Å²) in [6.07, 6.45) is 3.16. The van der Waals surface area contributed by atoms with E-state index in [0.29, 0.717) is 5.56 Å². The maximum absolute atomic E-state index is 11.1. The molecule has 1 heterocycles. The lowest BCUT2D eigenvalue weighted by molar-refractivity contribution is -0.374. The molecular weight excluding hydrogens is 228 g/mol. The lowest BCUT2D eigenvalue weighted by Gasteiger charge is -1.99. The Labute approximate surface area is 105 Å². The zero-order chi connectivity index (χ0) is 13.0. The monoisotopic (exact) mass is 240 g/mol. The van der Waals surface area contributed by atoms with Gasteiger partial charge in [0.25, 0.3) is 5.70 Å². The quantitative estimate of drug-likeness (QED) is 0.611. The molecule has 0 aliphatic rings. The van der Waals surface area contributed by atoms with E-state index in [1.807, 2.05) is 25.1 Å². The van der Waals surface area contributed by atoms with Gasteiger partial charge in [-0.15, -0.1) is 0 Å². The van der Waals surface area contributed by atoms with E-state index in [4.69, 9.17) is 0 Å². The molecule has 0 spiro atoms. The van der Waals surface area contributed by atoms with Crippen molar-refractivity contribution in [2.75, 3.05) is 0 Å². The molecule has 2 aromatic rings. The first-order valence-electron chi connectivity index (χ1n) is 5.51. The van der Waals surface area contributed by atoms with Crippen LogP contribution in [-0.4, -0.2) is 9.91 Å². The van der Waals surface area contributed by atoms with E-state index in [9.17, 15) is 10.1 Å². The molecule has 0 atom stereocenters. The normalized spacial score (nSPS) is 11.3. The average Bonchev–Trinajstić information content (AvgIpc) is 2.38. The van der Waals surface area contributed by atoms with Gasteiger partial charge in [0, 0.05) is 18.0 Å². The minimum absolute atomic E-state index is 0.0706. The topological polar surface area (TPSA) is 56.0 Å². The zero-order valence-corrected chi connectivity index (χ0v) is 9.91. The van der Waals surface area contributed by atoms with Crippen LogP contribution in [-0.2, 0) is 0 Å². The molecule has 4 nitrogen and oxygen atoms in total. The molecule has 0 saturated heterocycles. The Bertz CT molecular complexity index is 575. The second kappa shape index (κ2) is 5.23. The summed E-state index contributed by atoms with van der Waals surface area (Å²) in [5, 5.41) is 11.1. The first-order valence-corrected chi connectivity index (χ1v) is 5.51. The zero-order valence-electron chi connectivity index (χ0n) is 9.91. The smallest absolute Gasteiger partial charge is 0.261 e. The predicted octanol–water partition coefficient (Wildman–Crippen LogP) is 3.16. The van der Waals surface area contributed by atoms with Crippen molar-refractivity contribution in [2.24, 2.45) is 0 Å². The lowest BCUT2D eigenvalue weighted by atomic mass is 10.1. The molecule has 90 valence electrons. The first-order chi connectivity index (χ1) is 8.66. The minimum atomic E-state index is -0.380. The highest BCUT2D eigenvalue weighted by atomic mass is 16.6. The van der Waals surface area contributed by atoms with E-state index in [-0.39, 0.29) is 10.6 Å². The molecule has 0 fully saturated rings. The molecule has 0 unspecified atom stereocenters. The van der Waals surface area contributed by atoms with Gasteiger partial charge < -0.3 is 0 Å². The second-order valence-corrected chi connectivity index (χ2v) is 3.89. The Kier molecular flexibility index (Phi) is 3.48. The fraction of sp³-hybridized carbons (Fsp3) is 0.0714. The Hall–Kier alpha value is -2.49. The van der Waals surface area contributed by atoms with Gasteiger partial charge in [-0.25, -0.2) is 0 Å². The number of aryl methyl sites for hydroxylation is 1. The van der Waals surface area contributed by atoms with Crippen LogP contribution < -0.4 is 0 Å². The van der Waals surface area contributed by atoms with Crippen LogP contribution in [0.15, 0.2) is 48.7 Å². The maximum atomic E-state index is 11.1. The van der Waals surface area contributed by atoms with Crippen molar-refractivity contribution in [3.63, 3.8) is 0 Å². The highest BCUT2D eigenvalue weighted by Crippen LogP contribution is 2.18. The van der Waals surface area contributed by atoms with Crippen LogP contribution in [0.3, 0.4) is 0 Å². The highest BCUT2D eigenvalue weighted by molar-refractivity contribution is 5.76. The van der Waals surface area contributed by atoms with Crippen molar-refractivity contribution in [2.45, 2.75) is 6.92 Å². The molecular formula is C14H12N2O2. The third-order valence-corrected chi connectivity index (χ3v) is 2.50. The van der Waals surface area contributed by atoms with Gasteiger partial charge in [0.05, 0.1) is 10.5 Å². The summed E-state index contributed by atoms with van der Waals surface area (Å²) in [4.78, 5) is 14.8. The summed E-state index contributed by atoms with van der Waals surface area (Å²) in [5.41, 5.74) is 2.26. The average molecular weight is 240 g/mol. The van der Waals surface area contributed by atoms with Crippen LogP contribution in [0.4, 0.5) is 0 Å². The van der Waals surface area contributed by atoms with Gasteiger partial charge in [-0.3, -0.25) is 15.1 Å². The predicted molar refractivity (Wildman–Crippen MR) is 70.3 cm³/mol. The van der Waals surface area contributed by atoms with Crippen molar-refractivity contribution in [1.29, 1.82) is 0 Å². The van der Waals surface area contributed by atoms with Gasteiger partial charge in [-0.05, 0) is 30.7 Å². The summed E-state index contributed by atoms with van der Waals surface area (Å²) in [6.45, 7) is 1.87. The Balaban J connectivity index is 2.43. The van der Waals surface area contributed by atoms with Crippen molar-refractivity contribution in [3.8, 4) is 0 Å². The van der Waals surface area contributed by atoms with Gasteiger partial charge >= 0.3 is 0 Å². The van der Waals surface area contributed by atoms with E-state index < -0.39 is 0 Å². The van der Waals surface area contributed by atoms with Crippen LogP contribution in [0.25, 0.3) is 11.8 Å².